The number of aromatic nitrogens is 1. The van der Waals surface area contributed by atoms with Crippen molar-refractivity contribution >= 4 is 38.7 Å². The van der Waals surface area contributed by atoms with Gasteiger partial charge in [0.05, 0.1) is 23.7 Å². The molecule has 0 bridgehead atoms. The molecule has 11 nitrogen and oxygen atoms in total. The maximum atomic E-state index is 13.2. The average molecular weight is 623 g/mol. The predicted octanol–water partition coefficient (Wildman–Crippen LogP) is 3.17. The Kier molecular flexibility index (Phi) is 9.25. The lowest BCUT2D eigenvalue weighted by molar-refractivity contribution is -0.207. The number of para-hydroxylation sites is 1. The molecule has 3 aromatic rings. The summed E-state index contributed by atoms with van der Waals surface area (Å²) in [5.41, 5.74) is 2.70. The molecule has 0 aliphatic carbocycles. The van der Waals surface area contributed by atoms with Crippen molar-refractivity contribution in [3.05, 3.63) is 71.4 Å². The van der Waals surface area contributed by atoms with Crippen molar-refractivity contribution in [3.8, 4) is 5.75 Å². The molecule has 1 aliphatic heterocycles. The molecule has 1 aliphatic rings. The number of nitrogens with zero attached hydrogens (tertiary/aromatic N) is 2. The summed E-state index contributed by atoms with van der Waals surface area (Å²) < 4.78 is 68.8. The lowest BCUT2D eigenvalue weighted by Crippen LogP contribution is -2.61. The van der Waals surface area contributed by atoms with Crippen LogP contribution in [0.1, 0.15) is 40.9 Å². The molecule has 43 heavy (non-hydrogen) atoms. The highest BCUT2D eigenvalue weighted by Crippen LogP contribution is 2.28. The maximum Gasteiger partial charge on any atom is 0.493 e. The van der Waals surface area contributed by atoms with Crippen molar-refractivity contribution in [2.24, 2.45) is 0 Å². The van der Waals surface area contributed by atoms with Gasteiger partial charge in [-0.05, 0) is 56.2 Å². The number of hydroxylamine groups is 1. The van der Waals surface area contributed by atoms with E-state index in [1.807, 2.05) is 37.3 Å². The van der Waals surface area contributed by atoms with Crippen LogP contribution in [0.25, 0.3) is 10.9 Å². The minimum absolute atomic E-state index is 0.124. The zero-order chi connectivity index (χ0) is 31.4. The Morgan fingerprint density at radius 1 is 1.09 bits per heavy atom. The van der Waals surface area contributed by atoms with E-state index in [9.17, 15) is 36.0 Å². The van der Waals surface area contributed by atoms with Crippen molar-refractivity contribution in [1.82, 2.24) is 20.1 Å². The zero-order valence-electron chi connectivity index (χ0n) is 23.2. The number of rotatable bonds is 8. The molecular formula is C28H29F3N4O7S. The van der Waals surface area contributed by atoms with E-state index < -0.39 is 45.9 Å². The van der Waals surface area contributed by atoms with Gasteiger partial charge in [-0.15, -0.1) is 0 Å². The molecule has 4 rings (SSSR count). The largest absolute Gasteiger partial charge is 0.493 e. The summed E-state index contributed by atoms with van der Waals surface area (Å²) in [7, 11) is -3.73. The molecule has 1 fully saturated rings. The van der Waals surface area contributed by atoms with Crippen LogP contribution in [0.2, 0.25) is 0 Å². The van der Waals surface area contributed by atoms with Crippen LogP contribution in [-0.4, -0.2) is 66.6 Å². The number of pyridine rings is 1. The van der Waals surface area contributed by atoms with Crippen LogP contribution in [0.4, 0.5) is 13.2 Å². The van der Waals surface area contributed by atoms with Crippen molar-refractivity contribution in [2.45, 2.75) is 44.5 Å². The van der Waals surface area contributed by atoms with Crippen molar-refractivity contribution in [2.75, 3.05) is 19.3 Å². The Morgan fingerprint density at radius 3 is 2.47 bits per heavy atom. The minimum Gasteiger partial charge on any atom is -0.489 e. The van der Waals surface area contributed by atoms with Gasteiger partial charge in [0.1, 0.15) is 12.4 Å². The third kappa shape index (κ3) is 8.20. The van der Waals surface area contributed by atoms with Gasteiger partial charge in [0.25, 0.3) is 11.8 Å². The summed E-state index contributed by atoms with van der Waals surface area (Å²) >= 11 is 0. The van der Waals surface area contributed by atoms with Crippen LogP contribution in [-0.2, 0) is 31.1 Å². The highest BCUT2D eigenvalue weighted by molar-refractivity contribution is 7.88. The molecule has 2 aromatic carbocycles. The molecule has 1 atom stereocenters. The summed E-state index contributed by atoms with van der Waals surface area (Å²) in [6.45, 7) is 1.93. The monoisotopic (exact) mass is 622 g/mol. The van der Waals surface area contributed by atoms with E-state index in [0.29, 0.717) is 5.75 Å². The molecule has 2 amide bonds. The summed E-state index contributed by atoms with van der Waals surface area (Å²) in [6, 6.07) is 15.7. The molecule has 2 N–H and O–H groups in total. The van der Waals surface area contributed by atoms with Crippen molar-refractivity contribution in [3.63, 3.8) is 0 Å². The number of aryl methyl sites for hydroxylation is 1. The fraction of sp³-hybridized carbons (Fsp3) is 0.357. The first-order chi connectivity index (χ1) is 20.1. The Morgan fingerprint density at radius 2 is 1.79 bits per heavy atom. The molecule has 2 heterocycles. The van der Waals surface area contributed by atoms with E-state index in [-0.39, 0.29) is 38.1 Å². The molecule has 1 aromatic heterocycles. The van der Waals surface area contributed by atoms with Gasteiger partial charge < -0.3 is 14.9 Å². The fourth-order valence-electron chi connectivity index (χ4n) is 4.86. The minimum atomic E-state index is -5.34. The first-order valence-corrected chi connectivity index (χ1v) is 14.9. The van der Waals surface area contributed by atoms with Gasteiger partial charge in [-0.2, -0.15) is 23.0 Å². The second-order valence-corrected chi connectivity index (χ2v) is 12.3. The number of hydrogen-bond acceptors (Lipinski definition) is 8. The van der Waals surface area contributed by atoms with Crippen LogP contribution < -0.4 is 15.5 Å². The summed E-state index contributed by atoms with van der Waals surface area (Å²) in [5, 5.41) is 3.63. The first-order valence-electron chi connectivity index (χ1n) is 13.1. The zero-order valence-corrected chi connectivity index (χ0v) is 24.0. The number of alkyl halides is 3. The molecule has 230 valence electrons. The number of piperidine rings is 1. The number of carbonyl (C=O) groups excluding carboxylic acids is 3. The molecule has 15 heteroatoms. The smallest absolute Gasteiger partial charge is 0.489 e. The number of halogens is 3. The third-order valence-electron chi connectivity index (χ3n) is 6.82. The fourth-order valence-corrected chi connectivity index (χ4v) is 5.80. The van der Waals surface area contributed by atoms with Crippen molar-refractivity contribution in [1.29, 1.82) is 0 Å². The summed E-state index contributed by atoms with van der Waals surface area (Å²) in [6.07, 6.45) is -4.65. The van der Waals surface area contributed by atoms with E-state index >= 15 is 0 Å². The van der Waals surface area contributed by atoms with E-state index in [2.05, 4.69) is 15.1 Å². The number of nitrogens with one attached hydrogen (secondary N) is 2. The standard InChI is InChI=1S/C28H29F3N4O7S/c1-18-14-20(22-6-3-4-7-23(22)32-18)16-41-21-10-8-19(9-11-21)25(37)33-27(12-5-13-35(17-27)43(2,39)40)15-24(36)34-42-26(38)28(29,30)31/h3-4,6-11,14H,5,12-13,15-17H2,1-2H3,(H,33,37)(H,34,36). The second kappa shape index (κ2) is 12.6. The van der Waals surface area contributed by atoms with Crippen LogP contribution in [0.3, 0.4) is 0 Å². The molecule has 0 saturated carbocycles. The number of sulfonamides is 1. The highest BCUT2D eigenvalue weighted by Gasteiger charge is 2.44. The molecular weight excluding hydrogens is 593 g/mol. The van der Waals surface area contributed by atoms with Gasteiger partial charge in [0, 0.05) is 35.3 Å². The third-order valence-corrected chi connectivity index (χ3v) is 8.07. The van der Waals surface area contributed by atoms with Gasteiger partial charge in [0.15, 0.2) is 0 Å². The van der Waals surface area contributed by atoms with E-state index in [1.54, 1.807) is 12.1 Å². The Balaban J connectivity index is 1.46. The van der Waals surface area contributed by atoms with Crippen LogP contribution in [0, 0.1) is 6.92 Å². The highest BCUT2D eigenvalue weighted by atomic mass is 32.2. The number of carbonyl (C=O) groups is 3. The second-order valence-electron chi connectivity index (χ2n) is 10.3. The van der Waals surface area contributed by atoms with E-state index in [4.69, 9.17) is 4.74 Å². The van der Waals surface area contributed by atoms with Crippen LogP contribution in [0.5, 0.6) is 5.75 Å². The summed E-state index contributed by atoms with van der Waals surface area (Å²) in [4.78, 5) is 45.0. The topological polar surface area (TPSA) is 144 Å². The number of amides is 2. The quantitative estimate of drug-likeness (QED) is 0.365. The van der Waals surface area contributed by atoms with E-state index in [1.165, 1.54) is 17.6 Å². The Labute approximate surface area is 245 Å². The molecule has 0 spiro atoms. The van der Waals surface area contributed by atoms with Gasteiger partial charge >= 0.3 is 12.1 Å². The van der Waals surface area contributed by atoms with Gasteiger partial charge in [-0.3, -0.25) is 14.6 Å². The Hall–Kier alpha value is -4.24. The predicted molar refractivity (Wildman–Crippen MR) is 148 cm³/mol. The normalized spacial score (nSPS) is 17.7. The number of benzene rings is 2. The molecule has 1 unspecified atom stereocenters. The lowest BCUT2D eigenvalue weighted by Gasteiger charge is -2.42. The van der Waals surface area contributed by atoms with Gasteiger partial charge in [0.2, 0.25) is 10.0 Å². The van der Waals surface area contributed by atoms with E-state index in [0.717, 1.165) is 32.7 Å². The number of fused-ring (bicyclic) bond motifs is 1. The van der Waals surface area contributed by atoms with Crippen LogP contribution in [0.15, 0.2) is 54.6 Å². The Bertz CT molecular complexity index is 1630. The van der Waals surface area contributed by atoms with Gasteiger partial charge in [-0.1, -0.05) is 18.2 Å². The number of hydrogen-bond donors (Lipinski definition) is 2. The SMILES string of the molecule is Cc1cc(COc2ccc(C(=O)NC3(CC(=O)NOC(=O)C(F)(F)F)CCCN(S(C)(=O)=O)C3)cc2)c2ccccc2n1. The van der Waals surface area contributed by atoms with Gasteiger partial charge in [-0.25, -0.2) is 13.2 Å². The number of ether oxygens (including phenoxy) is 1. The van der Waals surface area contributed by atoms with Crippen molar-refractivity contribution < 1.29 is 45.5 Å². The maximum absolute atomic E-state index is 13.2. The molecule has 1 saturated heterocycles. The lowest BCUT2D eigenvalue weighted by atomic mass is 9.86. The first kappa shape index (κ1) is 31.7. The average Bonchev–Trinajstić information content (AvgIpc) is 2.93. The van der Waals surface area contributed by atoms with Crippen LogP contribution >= 0.6 is 0 Å². The molecule has 0 radical (unpaired) electrons. The summed E-state index contributed by atoms with van der Waals surface area (Å²) in [5.74, 6) is -3.97.